The Labute approximate surface area is 196 Å². The molecule has 2 atom stereocenters. The molecule has 1 saturated heterocycles. The molecule has 2 aromatic rings. The van der Waals surface area contributed by atoms with E-state index in [0.29, 0.717) is 19.7 Å². The Morgan fingerprint density at radius 3 is 2.48 bits per heavy atom. The number of carbonyl (C=O) groups excluding carboxylic acids is 1. The molecule has 0 N–H and O–H groups in total. The Balaban J connectivity index is 1.78. The van der Waals surface area contributed by atoms with Crippen molar-refractivity contribution in [3.8, 4) is 0 Å². The van der Waals surface area contributed by atoms with Crippen molar-refractivity contribution in [3.63, 3.8) is 0 Å². The van der Waals surface area contributed by atoms with Crippen LogP contribution < -0.4 is 4.90 Å². The first-order valence-corrected chi connectivity index (χ1v) is 11.4. The van der Waals surface area contributed by atoms with Crippen LogP contribution in [-0.2, 0) is 20.8 Å². The molecule has 0 saturated carbocycles. The minimum absolute atomic E-state index is 0.0446. The molecule has 1 heterocycles. The van der Waals surface area contributed by atoms with Crippen LogP contribution in [0.25, 0.3) is 0 Å². The number of carbonyl (C=O) groups is 1. The number of halogens is 1. The number of ether oxygens (including phenoxy) is 2. The second-order valence-corrected chi connectivity index (χ2v) is 8.94. The van der Waals surface area contributed by atoms with E-state index in [0.717, 1.165) is 25.2 Å². The Hall–Kier alpha value is -2.48. The average molecular weight is 458 g/mol. The average Bonchev–Trinajstić information content (AvgIpc) is 3.19. The van der Waals surface area contributed by atoms with Crippen molar-refractivity contribution >= 4 is 11.6 Å². The predicted octanol–water partition coefficient (Wildman–Crippen LogP) is 3.23. The maximum atomic E-state index is 14.0. The van der Waals surface area contributed by atoms with Gasteiger partial charge in [0.25, 0.3) is 0 Å². The van der Waals surface area contributed by atoms with Crippen LogP contribution in [0.1, 0.15) is 17.0 Å². The van der Waals surface area contributed by atoms with E-state index in [2.05, 4.69) is 34.1 Å². The molecule has 2 aromatic carbocycles. The molecule has 7 heteroatoms. The molecule has 1 aliphatic heterocycles. The third-order valence-corrected chi connectivity index (χ3v) is 6.29. The highest BCUT2D eigenvalue weighted by Crippen LogP contribution is 2.34. The van der Waals surface area contributed by atoms with Crippen molar-refractivity contribution in [1.82, 2.24) is 9.80 Å². The van der Waals surface area contributed by atoms with Gasteiger partial charge >= 0.3 is 0 Å². The Kier molecular flexibility index (Phi) is 9.23. The van der Waals surface area contributed by atoms with Crippen molar-refractivity contribution in [2.45, 2.75) is 12.5 Å². The normalized spacial score (nSPS) is 18.5. The monoisotopic (exact) mass is 457 g/mol. The summed E-state index contributed by atoms with van der Waals surface area (Å²) in [7, 11) is 7.22. The summed E-state index contributed by atoms with van der Waals surface area (Å²) in [5.41, 5.74) is 3.39. The maximum absolute atomic E-state index is 14.0. The van der Waals surface area contributed by atoms with Crippen molar-refractivity contribution in [3.05, 3.63) is 65.5 Å². The summed E-state index contributed by atoms with van der Waals surface area (Å²) < 4.78 is 24.3. The number of amides is 1. The molecule has 0 unspecified atom stereocenters. The minimum Gasteiger partial charge on any atom is -0.383 e. The van der Waals surface area contributed by atoms with Gasteiger partial charge in [0, 0.05) is 72.6 Å². The first kappa shape index (κ1) is 25.1. The van der Waals surface area contributed by atoms with Crippen LogP contribution in [-0.4, -0.2) is 83.4 Å². The van der Waals surface area contributed by atoms with Gasteiger partial charge in [-0.05, 0) is 41.3 Å². The van der Waals surface area contributed by atoms with Crippen molar-refractivity contribution in [2.24, 2.45) is 5.92 Å². The zero-order chi connectivity index (χ0) is 23.8. The fourth-order valence-electron chi connectivity index (χ4n) is 4.56. The van der Waals surface area contributed by atoms with Crippen LogP contribution in [0.4, 0.5) is 10.1 Å². The summed E-state index contributed by atoms with van der Waals surface area (Å²) in [6, 6.07) is 15.4. The number of nitrogens with zero attached hydrogens (tertiary/aromatic N) is 3. The second-order valence-electron chi connectivity index (χ2n) is 8.94. The lowest BCUT2D eigenvalue weighted by molar-refractivity contribution is -0.136. The van der Waals surface area contributed by atoms with Gasteiger partial charge in [-0.3, -0.25) is 9.69 Å². The van der Waals surface area contributed by atoms with Gasteiger partial charge in [0.1, 0.15) is 12.4 Å². The number of hydrogen-bond acceptors (Lipinski definition) is 5. The van der Waals surface area contributed by atoms with Gasteiger partial charge in [-0.15, -0.1) is 0 Å². The Morgan fingerprint density at radius 1 is 1.09 bits per heavy atom. The Bertz CT molecular complexity index is 891. The van der Waals surface area contributed by atoms with Gasteiger partial charge in [-0.2, -0.15) is 0 Å². The summed E-state index contributed by atoms with van der Waals surface area (Å²) in [6.07, 6.45) is 0. The van der Waals surface area contributed by atoms with Crippen LogP contribution in [0.2, 0.25) is 0 Å². The summed E-state index contributed by atoms with van der Waals surface area (Å²) in [6.45, 7) is 4.08. The second kappa shape index (κ2) is 12.1. The van der Waals surface area contributed by atoms with Gasteiger partial charge in [-0.25, -0.2) is 4.39 Å². The van der Waals surface area contributed by atoms with Gasteiger partial charge in [-0.1, -0.05) is 24.3 Å². The quantitative estimate of drug-likeness (QED) is 0.519. The molecule has 33 heavy (non-hydrogen) atoms. The molecular formula is C26H36FN3O3. The molecule has 0 bridgehead atoms. The third kappa shape index (κ3) is 7.00. The smallest absolute Gasteiger partial charge is 0.248 e. The summed E-state index contributed by atoms with van der Waals surface area (Å²) in [5.74, 6) is 0.0496. The minimum atomic E-state index is -0.226. The van der Waals surface area contributed by atoms with E-state index >= 15 is 0 Å². The number of methoxy groups -OCH3 is 2. The van der Waals surface area contributed by atoms with Crippen LogP contribution in [0.5, 0.6) is 0 Å². The number of benzene rings is 2. The van der Waals surface area contributed by atoms with E-state index in [1.165, 1.54) is 24.4 Å². The number of anilines is 1. The van der Waals surface area contributed by atoms with Gasteiger partial charge < -0.3 is 19.3 Å². The summed E-state index contributed by atoms with van der Waals surface area (Å²) >= 11 is 0. The lowest BCUT2D eigenvalue weighted by Gasteiger charge is -2.28. The fraction of sp³-hybridized carbons (Fsp3) is 0.500. The SMILES string of the molecule is COCCN(C[C@H]1CN(Cc2ccc(N(C)C)cc2)C[C@H]1c1cccc(F)c1)C(=O)COC. The third-order valence-electron chi connectivity index (χ3n) is 6.29. The molecule has 0 aromatic heterocycles. The van der Waals surface area contributed by atoms with Gasteiger partial charge in [0.2, 0.25) is 5.91 Å². The highest BCUT2D eigenvalue weighted by atomic mass is 19.1. The van der Waals surface area contributed by atoms with Crippen LogP contribution in [0.3, 0.4) is 0 Å². The van der Waals surface area contributed by atoms with E-state index in [1.54, 1.807) is 19.2 Å². The lowest BCUT2D eigenvalue weighted by atomic mass is 9.88. The topological polar surface area (TPSA) is 45.2 Å². The molecular weight excluding hydrogens is 421 g/mol. The van der Waals surface area contributed by atoms with Crippen LogP contribution in [0, 0.1) is 11.7 Å². The van der Waals surface area contributed by atoms with Gasteiger partial charge in [0.15, 0.2) is 0 Å². The van der Waals surface area contributed by atoms with Crippen LogP contribution >= 0.6 is 0 Å². The molecule has 0 spiro atoms. The number of hydrogen-bond donors (Lipinski definition) is 0. The fourth-order valence-corrected chi connectivity index (χ4v) is 4.56. The zero-order valence-corrected chi connectivity index (χ0v) is 20.2. The standard InChI is InChI=1S/C26H36FN3O3/c1-28(2)24-10-8-20(9-11-24)15-29-16-22(17-30(12-13-32-3)26(31)19-33-4)25(18-29)21-6-5-7-23(27)14-21/h5-11,14,22,25H,12-13,15-19H2,1-4H3/t22-,25+/m1/s1. The maximum Gasteiger partial charge on any atom is 0.248 e. The van der Waals surface area contributed by atoms with E-state index in [-0.39, 0.29) is 30.2 Å². The molecule has 6 nitrogen and oxygen atoms in total. The van der Waals surface area contributed by atoms with Gasteiger partial charge in [0.05, 0.1) is 6.61 Å². The van der Waals surface area contributed by atoms with Crippen molar-refractivity contribution in [2.75, 3.05) is 72.6 Å². The predicted molar refractivity (Wildman–Crippen MR) is 129 cm³/mol. The van der Waals surface area contributed by atoms with E-state index < -0.39 is 0 Å². The molecule has 0 aliphatic carbocycles. The van der Waals surface area contributed by atoms with E-state index in [4.69, 9.17) is 9.47 Å². The molecule has 0 radical (unpaired) electrons. The highest BCUT2D eigenvalue weighted by Gasteiger charge is 2.35. The van der Waals surface area contributed by atoms with E-state index in [9.17, 15) is 9.18 Å². The number of likely N-dealkylation sites (tertiary alicyclic amines) is 1. The molecule has 180 valence electrons. The number of rotatable bonds is 11. The lowest BCUT2D eigenvalue weighted by Crippen LogP contribution is -2.41. The van der Waals surface area contributed by atoms with Crippen LogP contribution in [0.15, 0.2) is 48.5 Å². The Morgan fingerprint density at radius 2 is 1.85 bits per heavy atom. The largest absolute Gasteiger partial charge is 0.383 e. The molecule has 3 rings (SSSR count). The zero-order valence-electron chi connectivity index (χ0n) is 20.2. The molecule has 1 amide bonds. The van der Waals surface area contributed by atoms with E-state index in [1.807, 2.05) is 25.1 Å². The summed E-state index contributed by atoms with van der Waals surface area (Å²) in [4.78, 5) is 19.0. The highest BCUT2D eigenvalue weighted by molar-refractivity contribution is 5.77. The van der Waals surface area contributed by atoms with Crippen molar-refractivity contribution < 1.29 is 18.7 Å². The molecule has 1 fully saturated rings. The van der Waals surface area contributed by atoms with Crippen molar-refractivity contribution in [1.29, 1.82) is 0 Å². The first-order valence-electron chi connectivity index (χ1n) is 11.4. The summed E-state index contributed by atoms with van der Waals surface area (Å²) in [5, 5.41) is 0. The first-order chi connectivity index (χ1) is 15.9. The molecule has 1 aliphatic rings.